The summed E-state index contributed by atoms with van der Waals surface area (Å²) in [5.41, 5.74) is -1.07. The van der Waals surface area contributed by atoms with Crippen molar-refractivity contribution < 1.29 is 32.2 Å². The van der Waals surface area contributed by atoms with Crippen LogP contribution in [0.15, 0.2) is 12.3 Å². The lowest BCUT2D eigenvalue weighted by atomic mass is 9.78. The van der Waals surface area contributed by atoms with Crippen molar-refractivity contribution in [3.8, 4) is 0 Å². The first-order valence-corrected chi connectivity index (χ1v) is 11.7. The molecular weight excluding hydrogens is 453 g/mol. The topological polar surface area (TPSA) is 92.8 Å². The number of pyridine rings is 1. The highest BCUT2D eigenvalue weighted by Gasteiger charge is 2.62. The van der Waals surface area contributed by atoms with E-state index in [4.69, 9.17) is 9.47 Å². The van der Waals surface area contributed by atoms with E-state index in [9.17, 15) is 22.8 Å². The number of ether oxygens (including phenoxy) is 2. The molecule has 1 aromatic rings. The highest BCUT2D eigenvalue weighted by Crippen LogP contribution is 2.49. The molecule has 3 aliphatic heterocycles. The van der Waals surface area contributed by atoms with Crippen LogP contribution in [-0.2, 0) is 38.2 Å². The summed E-state index contributed by atoms with van der Waals surface area (Å²) in [4.78, 5) is 32.4. The fourth-order valence-electron chi connectivity index (χ4n) is 6.05. The molecule has 0 bridgehead atoms. The molecule has 11 heteroatoms. The maximum absolute atomic E-state index is 13.8. The van der Waals surface area contributed by atoms with Crippen molar-refractivity contribution in [2.75, 3.05) is 33.4 Å². The van der Waals surface area contributed by atoms with Crippen LogP contribution in [0.2, 0.25) is 0 Å². The molecule has 0 aromatic carbocycles. The lowest BCUT2D eigenvalue weighted by Crippen LogP contribution is -2.53. The van der Waals surface area contributed by atoms with Gasteiger partial charge in [-0.3, -0.25) is 14.6 Å². The van der Waals surface area contributed by atoms with E-state index in [1.807, 2.05) is 0 Å². The molecule has 4 aliphatic rings. The number of hydrogen-bond donors (Lipinski definition) is 2. The Morgan fingerprint density at radius 1 is 1.41 bits per heavy atom. The minimum absolute atomic E-state index is 0.0244. The van der Waals surface area contributed by atoms with E-state index in [1.165, 1.54) is 4.90 Å². The predicted molar refractivity (Wildman–Crippen MR) is 113 cm³/mol. The molecule has 186 valence electrons. The molecule has 1 saturated carbocycles. The van der Waals surface area contributed by atoms with Crippen LogP contribution in [0.3, 0.4) is 0 Å². The Balaban J connectivity index is 1.34. The van der Waals surface area contributed by atoms with Crippen LogP contribution in [0.4, 0.5) is 13.2 Å². The van der Waals surface area contributed by atoms with Crippen LogP contribution >= 0.6 is 0 Å². The summed E-state index contributed by atoms with van der Waals surface area (Å²) in [7, 11) is 1.64. The number of fused-ring (bicyclic) bond motifs is 2. The van der Waals surface area contributed by atoms with E-state index in [0.29, 0.717) is 56.8 Å². The summed E-state index contributed by atoms with van der Waals surface area (Å²) in [6.45, 7) is 1.90. The van der Waals surface area contributed by atoms with E-state index >= 15 is 0 Å². The molecule has 2 amide bonds. The molecule has 5 atom stereocenters. The molecule has 4 heterocycles. The Hall–Kier alpha value is -2.24. The Morgan fingerprint density at radius 2 is 2.24 bits per heavy atom. The van der Waals surface area contributed by atoms with Gasteiger partial charge < -0.3 is 25.0 Å². The fraction of sp³-hybridized carbons (Fsp3) is 0.696. The lowest BCUT2D eigenvalue weighted by Gasteiger charge is -2.36. The van der Waals surface area contributed by atoms with Gasteiger partial charge in [0.15, 0.2) is 0 Å². The Bertz CT molecular complexity index is 974. The average Bonchev–Trinajstić information content (AvgIpc) is 3.34. The number of carbonyl (C=O) groups is 2. The zero-order chi connectivity index (χ0) is 24.1. The lowest BCUT2D eigenvalue weighted by molar-refractivity contribution is -0.150. The normalized spacial score (nSPS) is 33.4. The first-order chi connectivity index (χ1) is 16.2. The first kappa shape index (κ1) is 23.5. The van der Waals surface area contributed by atoms with Crippen LogP contribution in [0.25, 0.3) is 0 Å². The maximum Gasteiger partial charge on any atom is 0.417 e. The monoisotopic (exact) mass is 482 g/mol. The van der Waals surface area contributed by atoms with Crippen LogP contribution in [0.1, 0.15) is 36.1 Å². The molecule has 2 N–H and O–H groups in total. The van der Waals surface area contributed by atoms with E-state index in [-0.39, 0.29) is 42.5 Å². The molecule has 1 aromatic heterocycles. The Kier molecular flexibility index (Phi) is 6.06. The molecule has 2 unspecified atom stereocenters. The SMILES string of the molecule is COC1COCCC1N[C@@H]1C[C@H]2CNC(=O)[C@@]2(C(=O)N2CCc3ncc(C(F)(F)F)cc3C2)C1. The third-order valence-corrected chi connectivity index (χ3v) is 7.84. The Labute approximate surface area is 195 Å². The molecular formula is C23H29F3N4O4. The zero-order valence-corrected chi connectivity index (χ0v) is 19.0. The molecule has 3 fully saturated rings. The van der Waals surface area contributed by atoms with Gasteiger partial charge in [-0.1, -0.05) is 0 Å². The van der Waals surface area contributed by atoms with Crippen molar-refractivity contribution in [3.05, 3.63) is 29.1 Å². The number of rotatable bonds is 4. The highest BCUT2D eigenvalue weighted by molar-refractivity contribution is 6.07. The summed E-state index contributed by atoms with van der Waals surface area (Å²) < 4.78 is 50.6. The summed E-state index contributed by atoms with van der Waals surface area (Å²) in [5.74, 6) is -0.739. The van der Waals surface area contributed by atoms with Gasteiger partial charge in [0.25, 0.3) is 0 Å². The van der Waals surface area contributed by atoms with E-state index < -0.39 is 17.2 Å². The minimum Gasteiger partial charge on any atom is -0.379 e. The van der Waals surface area contributed by atoms with Gasteiger partial charge in [-0.05, 0) is 30.9 Å². The average molecular weight is 483 g/mol. The van der Waals surface area contributed by atoms with E-state index in [1.54, 1.807) is 7.11 Å². The van der Waals surface area contributed by atoms with Crippen molar-refractivity contribution in [2.24, 2.45) is 11.3 Å². The second-order valence-corrected chi connectivity index (χ2v) is 9.73. The number of aromatic nitrogens is 1. The largest absolute Gasteiger partial charge is 0.417 e. The maximum atomic E-state index is 13.8. The van der Waals surface area contributed by atoms with Gasteiger partial charge in [0.05, 0.1) is 18.3 Å². The van der Waals surface area contributed by atoms with E-state index in [0.717, 1.165) is 18.7 Å². The smallest absolute Gasteiger partial charge is 0.379 e. The van der Waals surface area contributed by atoms with Gasteiger partial charge in [0, 0.05) is 69.7 Å². The summed E-state index contributed by atoms with van der Waals surface area (Å²) in [6, 6.07) is 1.11. The number of halogens is 3. The van der Waals surface area contributed by atoms with Gasteiger partial charge in [0.2, 0.25) is 11.8 Å². The molecule has 0 spiro atoms. The molecule has 0 radical (unpaired) electrons. The van der Waals surface area contributed by atoms with Crippen LogP contribution in [-0.4, -0.2) is 73.3 Å². The van der Waals surface area contributed by atoms with E-state index in [2.05, 4.69) is 15.6 Å². The quantitative estimate of drug-likeness (QED) is 0.629. The van der Waals surface area contributed by atoms with Gasteiger partial charge in [-0.15, -0.1) is 0 Å². The fourth-order valence-corrected chi connectivity index (χ4v) is 6.05. The molecule has 8 nitrogen and oxygen atoms in total. The zero-order valence-electron chi connectivity index (χ0n) is 19.0. The first-order valence-electron chi connectivity index (χ1n) is 11.7. The number of nitrogens with zero attached hydrogens (tertiary/aromatic N) is 2. The summed E-state index contributed by atoms with van der Waals surface area (Å²) in [5, 5.41) is 6.45. The van der Waals surface area contributed by atoms with Crippen LogP contribution in [0, 0.1) is 11.3 Å². The number of amides is 2. The van der Waals surface area contributed by atoms with Crippen LogP contribution in [0.5, 0.6) is 0 Å². The standard InChI is InChI=1S/C23H29F3N4O4/c1-33-19-12-34-5-3-18(19)29-16-7-14-9-28-20(31)22(14,8-16)21(32)30-4-2-17-13(11-30)6-15(10-27-17)23(24,25)26/h6,10,14,16,18-19,29H,2-5,7-9,11-12H2,1H3,(H,28,31)/t14-,16+,18?,19?,22+/m0/s1. The van der Waals surface area contributed by atoms with Gasteiger partial charge in [0.1, 0.15) is 5.41 Å². The summed E-state index contributed by atoms with van der Waals surface area (Å²) >= 11 is 0. The predicted octanol–water partition coefficient (Wildman–Crippen LogP) is 1.27. The third-order valence-electron chi connectivity index (χ3n) is 7.84. The van der Waals surface area contributed by atoms with Crippen molar-refractivity contribution >= 4 is 11.8 Å². The number of nitrogens with one attached hydrogen (secondary N) is 2. The number of alkyl halides is 3. The number of carbonyl (C=O) groups excluding carboxylic acids is 2. The van der Waals surface area contributed by atoms with Gasteiger partial charge in [-0.25, -0.2) is 0 Å². The van der Waals surface area contributed by atoms with Crippen molar-refractivity contribution in [1.29, 1.82) is 0 Å². The number of methoxy groups -OCH3 is 1. The minimum atomic E-state index is -4.50. The van der Waals surface area contributed by atoms with Gasteiger partial charge >= 0.3 is 6.18 Å². The molecule has 1 aliphatic carbocycles. The van der Waals surface area contributed by atoms with Crippen molar-refractivity contribution in [3.63, 3.8) is 0 Å². The molecule has 5 rings (SSSR count). The second kappa shape index (κ2) is 8.76. The molecule has 34 heavy (non-hydrogen) atoms. The Morgan fingerprint density at radius 3 is 3.00 bits per heavy atom. The van der Waals surface area contributed by atoms with Crippen molar-refractivity contribution in [1.82, 2.24) is 20.5 Å². The summed E-state index contributed by atoms with van der Waals surface area (Å²) in [6.07, 6.45) is -1.58. The molecule has 2 saturated heterocycles. The number of hydrogen-bond acceptors (Lipinski definition) is 6. The third kappa shape index (κ3) is 3.97. The van der Waals surface area contributed by atoms with Crippen molar-refractivity contribution in [2.45, 2.75) is 56.6 Å². The van der Waals surface area contributed by atoms with Gasteiger partial charge in [-0.2, -0.15) is 13.2 Å². The van der Waals surface area contributed by atoms with Crippen LogP contribution < -0.4 is 10.6 Å². The second-order valence-electron chi connectivity index (χ2n) is 9.73. The highest BCUT2D eigenvalue weighted by atomic mass is 19.4.